The predicted octanol–water partition coefficient (Wildman–Crippen LogP) is 1.16. The number of fused-ring (bicyclic) bond motifs is 1. The number of nitrogens with two attached hydrogens (primary N) is 1. The minimum atomic E-state index is -1.43. The van der Waals surface area contributed by atoms with Crippen LogP contribution in [0.1, 0.15) is 17.8 Å². The molecule has 34 heavy (non-hydrogen) atoms. The molecule has 2 aliphatic heterocycles. The molecule has 2 aliphatic rings. The lowest BCUT2D eigenvalue weighted by Crippen LogP contribution is -2.61. The molecule has 2 atom stereocenters. The number of β-lactam (4-membered cyclic amide) rings is 1. The first kappa shape index (κ1) is 24.0. The van der Waals surface area contributed by atoms with Crippen molar-refractivity contribution in [2.75, 3.05) is 18.6 Å². The van der Waals surface area contributed by atoms with Crippen molar-refractivity contribution in [2.24, 2.45) is 5.16 Å². The molecule has 12 nitrogen and oxygen atoms in total. The molecular weight excluding hydrogens is 502 g/mol. The second-order valence-corrected chi connectivity index (χ2v) is 10.3. The summed E-state index contributed by atoms with van der Waals surface area (Å²) in [5.74, 6) is -2.21. The van der Waals surface area contributed by atoms with E-state index in [1.54, 1.807) is 17.6 Å². The van der Waals surface area contributed by atoms with Gasteiger partial charge in [-0.05, 0) is 13.0 Å². The second kappa shape index (κ2) is 9.60. The van der Waals surface area contributed by atoms with Crippen molar-refractivity contribution in [3.05, 3.63) is 40.3 Å². The van der Waals surface area contributed by atoms with Gasteiger partial charge < -0.3 is 21.0 Å². The standard InChI is InChI=1S/C19H19N7O5S3/c1-9-3-4-21-18(23-9)33-7-10-15(16(29)30)26-13(28)5-14(26)34-19(10,11-8-32-17(20)24-11)25-12(27)6-22-31-2/h3-4,6,8,14H,5,7H2,1-2H3,(H2,20,24)(H,25,27)(H,29,30)/t14-,19?/m0/s1. The number of nitrogens with zero attached hydrogens (tertiary/aromatic N) is 5. The first-order chi connectivity index (χ1) is 16.2. The third-order valence-electron chi connectivity index (χ3n) is 4.95. The Bertz CT molecular complexity index is 1220. The van der Waals surface area contributed by atoms with Gasteiger partial charge in [-0.25, -0.2) is 19.7 Å². The zero-order valence-corrected chi connectivity index (χ0v) is 20.4. The van der Waals surface area contributed by atoms with Crippen LogP contribution in [0.25, 0.3) is 0 Å². The number of nitrogen functional groups attached to an aromatic ring is 1. The average molecular weight is 522 g/mol. The molecule has 0 radical (unpaired) electrons. The topological polar surface area (TPSA) is 173 Å². The van der Waals surface area contributed by atoms with Crippen LogP contribution >= 0.6 is 34.9 Å². The number of amides is 2. The van der Waals surface area contributed by atoms with Gasteiger partial charge in [0.15, 0.2) is 15.2 Å². The molecule has 0 saturated carbocycles. The third kappa shape index (κ3) is 4.45. The first-order valence-corrected chi connectivity index (χ1v) is 12.5. The Morgan fingerprint density at radius 3 is 2.91 bits per heavy atom. The van der Waals surface area contributed by atoms with Gasteiger partial charge in [0.1, 0.15) is 19.0 Å². The smallest absolute Gasteiger partial charge is 0.352 e. The third-order valence-corrected chi connectivity index (χ3v) is 8.07. The minimum absolute atomic E-state index is 0.0493. The molecule has 1 saturated heterocycles. The molecule has 15 heteroatoms. The van der Waals surface area contributed by atoms with E-state index in [4.69, 9.17) is 5.73 Å². The number of hydrogen-bond acceptors (Lipinski definition) is 12. The lowest BCUT2D eigenvalue weighted by atomic mass is 9.98. The van der Waals surface area contributed by atoms with Crippen LogP contribution in [0.2, 0.25) is 0 Å². The molecule has 1 fully saturated rings. The number of aromatic nitrogens is 3. The molecule has 4 heterocycles. The molecule has 1 unspecified atom stereocenters. The van der Waals surface area contributed by atoms with E-state index in [9.17, 15) is 19.5 Å². The minimum Gasteiger partial charge on any atom is -0.477 e. The van der Waals surface area contributed by atoms with Crippen molar-refractivity contribution in [1.82, 2.24) is 25.2 Å². The van der Waals surface area contributed by atoms with Gasteiger partial charge in [0, 0.05) is 28.6 Å². The van der Waals surface area contributed by atoms with E-state index in [0.717, 1.165) is 23.2 Å². The van der Waals surface area contributed by atoms with Crippen LogP contribution in [0, 0.1) is 6.92 Å². The number of carboxylic acid groups (broad SMARTS) is 1. The summed E-state index contributed by atoms with van der Waals surface area (Å²) in [5.41, 5.74) is 7.01. The number of anilines is 1. The maximum absolute atomic E-state index is 12.8. The highest BCUT2D eigenvalue weighted by molar-refractivity contribution is 8.01. The number of carbonyl (C=O) groups is 3. The van der Waals surface area contributed by atoms with Gasteiger partial charge in [-0.1, -0.05) is 28.7 Å². The van der Waals surface area contributed by atoms with E-state index < -0.39 is 22.1 Å². The molecule has 2 amide bonds. The van der Waals surface area contributed by atoms with Crippen LogP contribution in [-0.4, -0.2) is 67.2 Å². The molecule has 0 spiro atoms. The zero-order chi connectivity index (χ0) is 24.5. The highest BCUT2D eigenvalue weighted by Crippen LogP contribution is 2.54. The lowest BCUT2D eigenvalue weighted by Gasteiger charge is -2.51. The summed E-state index contributed by atoms with van der Waals surface area (Å²) in [5, 5.41) is 18.3. The van der Waals surface area contributed by atoms with Crippen LogP contribution in [0.3, 0.4) is 0 Å². The number of aryl methyl sites for hydroxylation is 1. The van der Waals surface area contributed by atoms with Crippen molar-refractivity contribution in [3.8, 4) is 0 Å². The van der Waals surface area contributed by atoms with Crippen molar-refractivity contribution >= 4 is 64.0 Å². The van der Waals surface area contributed by atoms with Crippen LogP contribution in [0.4, 0.5) is 5.13 Å². The number of carbonyl (C=O) groups excluding carboxylic acids is 2. The van der Waals surface area contributed by atoms with Crippen molar-refractivity contribution in [2.45, 2.75) is 28.7 Å². The van der Waals surface area contributed by atoms with Gasteiger partial charge in [-0.2, -0.15) is 0 Å². The van der Waals surface area contributed by atoms with Gasteiger partial charge in [-0.3, -0.25) is 14.5 Å². The van der Waals surface area contributed by atoms with Crippen molar-refractivity contribution in [3.63, 3.8) is 0 Å². The van der Waals surface area contributed by atoms with Gasteiger partial charge in [0.25, 0.3) is 5.91 Å². The monoisotopic (exact) mass is 521 g/mol. The summed E-state index contributed by atoms with van der Waals surface area (Å²) in [6.45, 7) is 1.81. The fraction of sp³-hybridized carbons (Fsp3) is 0.316. The maximum atomic E-state index is 12.8. The number of aliphatic carboxylic acids is 1. The molecule has 178 valence electrons. The Morgan fingerprint density at radius 1 is 1.50 bits per heavy atom. The summed E-state index contributed by atoms with van der Waals surface area (Å²) < 4.78 is 0. The van der Waals surface area contributed by atoms with E-state index in [1.165, 1.54) is 35.5 Å². The van der Waals surface area contributed by atoms with E-state index in [1.807, 2.05) is 6.92 Å². The summed E-state index contributed by atoms with van der Waals surface area (Å²) in [6.07, 6.45) is 2.65. The Balaban J connectivity index is 1.87. The number of nitrogens with one attached hydrogen (secondary N) is 1. The quantitative estimate of drug-likeness (QED) is 0.150. The number of thioether (sulfide) groups is 2. The zero-order valence-electron chi connectivity index (χ0n) is 17.9. The molecule has 0 aromatic carbocycles. The molecule has 0 aliphatic carbocycles. The van der Waals surface area contributed by atoms with Crippen molar-refractivity contribution in [1.29, 1.82) is 0 Å². The number of carboxylic acids is 1. The number of thiazole rings is 1. The molecule has 0 bridgehead atoms. The number of hydrogen-bond donors (Lipinski definition) is 3. The highest BCUT2D eigenvalue weighted by atomic mass is 32.2. The Labute approximate surface area is 206 Å². The second-order valence-electron chi connectivity index (χ2n) is 7.10. The van der Waals surface area contributed by atoms with E-state index in [-0.39, 0.29) is 34.5 Å². The number of oxime groups is 1. The normalized spacial score (nSPS) is 21.9. The lowest BCUT2D eigenvalue weighted by molar-refractivity contribution is -0.146. The molecule has 4 N–H and O–H groups in total. The molecule has 2 aromatic heterocycles. The fourth-order valence-electron chi connectivity index (χ4n) is 3.51. The SMILES string of the molecule is CON=CC(=O)NC1(c2csc(N)n2)S[C@H]2CC(=O)N2C(C(=O)O)=C1CSc1nccc(C)n1. The highest BCUT2D eigenvalue weighted by Gasteiger charge is 2.56. The number of rotatable bonds is 8. The van der Waals surface area contributed by atoms with Crippen LogP contribution < -0.4 is 11.1 Å². The van der Waals surface area contributed by atoms with Gasteiger partial charge in [0.2, 0.25) is 5.91 Å². The maximum Gasteiger partial charge on any atom is 0.352 e. The first-order valence-electron chi connectivity index (χ1n) is 9.74. The molecule has 4 rings (SSSR count). The van der Waals surface area contributed by atoms with Gasteiger partial charge >= 0.3 is 5.97 Å². The Hall–Kier alpha value is -3.17. The summed E-state index contributed by atoms with van der Waals surface area (Å²) >= 11 is 3.54. The van der Waals surface area contributed by atoms with E-state index in [0.29, 0.717) is 10.9 Å². The largest absolute Gasteiger partial charge is 0.477 e. The van der Waals surface area contributed by atoms with Crippen LogP contribution in [0.15, 0.2) is 39.2 Å². The van der Waals surface area contributed by atoms with Gasteiger partial charge in [-0.15, -0.1) is 11.3 Å². The molecule has 2 aromatic rings. The predicted molar refractivity (Wildman–Crippen MR) is 127 cm³/mol. The summed E-state index contributed by atoms with van der Waals surface area (Å²) in [4.78, 5) is 55.0. The van der Waals surface area contributed by atoms with Crippen LogP contribution in [-0.2, 0) is 24.1 Å². The van der Waals surface area contributed by atoms with Crippen LogP contribution in [0.5, 0.6) is 0 Å². The average Bonchev–Trinajstić information content (AvgIpc) is 3.22. The summed E-state index contributed by atoms with van der Waals surface area (Å²) in [7, 11) is 1.29. The van der Waals surface area contributed by atoms with E-state index >= 15 is 0 Å². The summed E-state index contributed by atoms with van der Waals surface area (Å²) in [6, 6.07) is 1.74. The Morgan fingerprint density at radius 2 is 2.29 bits per heavy atom. The molecular formula is C19H19N7O5S3. The Kier molecular flexibility index (Phi) is 6.77. The van der Waals surface area contributed by atoms with Crippen molar-refractivity contribution < 1.29 is 24.3 Å². The van der Waals surface area contributed by atoms with Gasteiger partial charge in [0.05, 0.1) is 17.5 Å². The fourth-order valence-corrected chi connectivity index (χ4v) is 6.92. The van der Waals surface area contributed by atoms with E-state index in [2.05, 4.69) is 30.3 Å².